The number of rotatable bonds is 3. The lowest BCUT2D eigenvalue weighted by molar-refractivity contribution is -0.148. The van der Waals surface area contributed by atoms with E-state index in [1.807, 2.05) is 36.4 Å². The Balaban J connectivity index is 1.59. The summed E-state index contributed by atoms with van der Waals surface area (Å²) in [4.78, 5) is 30.1. The third kappa shape index (κ3) is 3.47. The van der Waals surface area contributed by atoms with Gasteiger partial charge in [-0.05, 0) is 24.3 Å². The predicted molar refractivity (Wildman–Crippen MR) is 105 cm³/mol. The summed E-state index contributed by atoms with van der Waals surface area (Å²) in [6.07, 6.45) is -0.821. The van der Waals surface area contributed by atoms with Crippen LogP contribution in [-0.2, 0) is 14.3 Å². The van der Waals surface area contributed by atoms with Crippen LogP contribution in [-0.4, -0.2) is 50.5 Å². The molecular formula is C20H20N2O4S. The van der Waals surface area contributed by atoms with Gasteiger partial charge in [0.05, 0.1) is 31.6 Å². The molecule has 1 amide bonds. The van der Waals surface area contributed by atoms with Gasteiger partial charge >= 0.3 is 5.97 Å². The first-order valence-corrected chi connectivity index (χ1v) is 9.76. The molecule has 4 rings (SSSR count). The molecule has 0 N–H and O–H groups in total. The molecule has 0 bridgehead atoms. The van der Waals surface area contributed by atoms with Gasteiger partial charge in [-0.1, -0.05) is 24.3 Å². The van der Waals surface area contributed by atoms with E-state index < -0.39 is 12.1 Å². The summed E-state index contributed by atoms with van der Waals surface area (Å²) in [5.41, 5.74) is 1.76. The topological polar surface area (TPSA) is 59.1 Å². The van der Waals surface area contributed by atoms with Crippen molar-refractivity contribution in [1.82, 2.24) is 0 Å². The van der Waals surface area contributed by atoms with Crippen LogP contribution in [0.15, 0.2) is 53.4 Å². The molecule has 0 saturated heterocycles. The van der Waals surface area contributed by atoms with E-state index in [4.69, 9.17) is 9.47 Å². The number of carbonyl (C=O) groups is 2. The number of para-hydroxylation sites is 3. The number of esters is 1. The molecule has 0 radical (unpaired) electrons. The van der Waals surface area contributed by atoms with Crippen LogP contribution in [0.3, 0.4) is 0 Å². The van der Waals surface area contributed by atoms with E-state index >= 15 is 0 Å². The second-order valence-electron chi connectivity index (χ2n) is 6.34. The molecule has 0 spiro atoms. The van der Waals surface area contributed by atoms with Crippen molar-refractivity contribution in [2.75, 3.05) is 42.3 Å². The molecular weight excluding hydrogens is 364 g/mol. The Morgan fingerprint density at radius 1 is 1.15 bits per heavy atom. The lowest BCUT2D eigenvalue weighted by Gasteiger charge is -2.36. The zero-order chi connectivity index (χ0) is 18.8. The van der Waals surface area contributed by atoms with Gasteiger partial charge in [0.25, 0.3) is 0 Å². The van der Waals surface area contributed by atoms with Crippen molar-refractivity contribution in [2.45, 2.75) is 11.0 Å². The van der Waals surface area contributed by atoms with Crippen molar-refractivity contribution < 1.29 is 19.1 Å². The fourth-order valence-electron chi connectivity index (χ4n) is 3.36. The van der Waals surface area contributed by atoms with Crippen LogP contribution in [0.5, 0.6) is 5.75 Å². The molecule has 2 aromatic rings. The minimum Gasteiger partial charge on any atom is -0.475 e. The van der Waals surface area contributed by atoms with Gasteiger partial charge in [0.1, 0.15) is 5.75 Å². The van der Waals surface area contributed by atoms with Crippen molar-refractivity contribution in [3.63, 3.8) is 0 Å². The number of ether oxygens (including phenoxy) is 2. The Morgan fingerprint density at radius 2 is 1.89 bits per heavy atom. The van der Waals surface area contributed by atoms with Gasteiger partial charge < -0.3 is 19.3 Å². The van der Waals surface area contributed by atoms with Crippen LogP contribution in [0.4, 0.5) is 11.4 Å². The minimum absolute atomic E-state index is 0.0682. The van der Waals surface area contributed by atoms with E-state index in [9.17, 15) is 9.59 Å². The van der Waals surface area contributed by atoms with Gasteiger partial charge in [0, 0.05) is 17.2 Å². The van der Waals surface area contributed by atoms with E-state index in [2.05, 4.69) is 11.0 Å². The highest BCUT2D eigenvalue weighted by Gasteiger charge is 2.35. The second kappa shape index (κ2) is 7.52. The van der Waals surface area contributed by atoms with E-state index in [1.54, 1.807) is 22.7 Å². The number of carbonyl (C=O) groups excluding carboxylic acids is 2. The summed E-state index contributed by atoms with van der Waals surface area (Å²) in [6, 6.07) is 15.4. The largest absolute Gasteiger partial charge is 0.475 e. The van der Waals surface area contributed by atoms with E-state index in [0.717, 1.165) is 18.0 Å². The number of methoxy groups -OCH3 is 1. The normalized spacial score (nSPS) is 18.2. The van der Waals surface area contributed by atoms with Crippen LogP contribution < -0.4 is 14.5 Å². The first kappa shape index (κ1) is 17.7. The fourth-order valence-corrected chi connectivity index (χ4v) is 4.42. The standard InChI is InChI=1S/C20H20N2O4S/c1-25-20(24)17-12-22(14-6-2-4-8-16(14)26-17)19(23)13-21-10-11-27-18-9-5-3-7-15(18)21/h2-9,17H,10-13H2,1H3/t17-/m0/s1. The lowest BCUT2D eigenvalue weighted by Crippen LogP contribution is -2.50. The van der Waals surface area contributed by atoms with Crippen molar-refractivity contribution >= 4 is 35.0 Å². The fraction of sp³-hybridized carbons (Fsp3) is 0.300. The van der Waals surface area contributed by atoms with Crippen LogP contribution in [0.25, 0.3) is 0 Å². The third-order valence-corrected chi connectivity index (χ3v) is 5.73. The Morgan fingerprint density at radius 3 is 2.70 bits per heavy atom. The average Bonchev–Trinajstić information content (AvgIpc) is 2.72. The SMILES string of the molecule is COC(=O)[C@@H]1CN(C(=O)CN2CCSc3ccccc32)c2ccccc2O1. The third-order valence-electron chi connectivity index (χ3n) is 4.69. The van der Waals surface area contributed by atoms with Crippen molar-refractivity contribution in [3.05, 3.63) is 48.5 Å². The van der Waals surface area contributed by atoms with E-state index in [1.165, 1.54) is 12.0 Å². The Bertz CT molecular complexity index is 873. The first-order chi connectivity index (χ1) is 13.2. The monoisotopic (exact) mass is 384 g/mol. The van der Waals surface area contributed by atoms with Gasteiger partial charge in [0.15, 0.2) is 0 Å². The molecule has 2 aliphatic heterocycles. The van der Waals surface area contributed by atoms with Gasteiger partial charge in [-0.2, -0.15) is 0 Å². The van der Waals surface area contributed by atoms with Gasteiger partial charge in [-0.3, -0.25) is 4.79 Å². The number of anilines is 2. The van der Waals surface area contributed by atoms with E-state index in [0.29, 0.717) is 11.4 Å². The maximum atomic E-state index is 13.2. The van der Waals surface area contributed by atoms with Crippen LogP contribution in [0, 0.1) is 0 Å². The van der Waals surface area contributed by atoms with E-state index in [-0.39, 0.29) is 19.0 Å². The molecule has 140 valence electrons. The van der Waals surface area contributed by atoms with Crippen molar-refractivity contribution in [2.24, 2.45) is 0 Å². The quantitative estimate of drug-likeness (QED) is 0.758. The number of amides is 1. The van der Waals surface area contributed by atoms with Gasteiger partial charge in [-0.15, -0.1) is 11.8 Å². The second-order valence-corrected chi connectivity index (χ2v) is 7.48. The Labute approximate surface area is 162 Å². The number of hydrogen-bond donors (Lipinski definition) is 0. The van der Waals surface area contributed by atoms with Crippen molar-refractivity contribution in [1.29, 1.82) is 0 Å². The molecule has 0 fully saturated rings. The number of nitrogens with zero attached hydrogens (tertiary/aromatic N) is 2. The zero-order valence-electron chi connectivity index (χ0n) is 15.0. The molecule has 0 aliphatic carbocycles. The average molecular weight is 384 g/mol. The molecule has 7 heteroatoms. The summed E-state index contributed by atoms with van der Waals surface area (Å²) in [5, 5.41) is 0. The summed E-state index contributed by atoms with van der Waals surface area (Å²) in [6.45, 7) is 1.20. The van der Waals surface area contributed by atoms with Crippen molar-refractivity contribution in [3.8, 4) is 5.75 Å². The highest BCUT2D eigenvalue weighted by molar-refractivity contribution is 7.99. The summed E-state index contributed by atoms with van der Waals surface area (Å²) in [5.74, 6) is 0.903. The molecule has 2 aromatic carbocycles. The maximum Gasteiger partial charge on any atom is 0.348 e. The lowest BCUT2D eigenvalue weighted by atomic mass is 10.1. The molecule has 6 nitrogen and oxygen atoms in total. The molecule has 1 atom stereocenters. The number of fused-ring (bicyclic) bond motifs is 2. The summed E-state index contributed by atoms with van der Waals surface area (Å²) in [7, 11) is 1.32. The highest BCUT2D eigenvalue weighted by Crippen LogP contribution is 2.36. The number of thioether (sulfide) groups is 1. The van der Waals surface area contributed by atoms with Gasteiger partial charge in [-0.25, -0.2) is 4.79 Å². The number of hydrogen-bond acceptors (Lipinski definition) is 6. The number of benzene rings is 2. The first-order valence-electron chi connectivity index (χ1n) is 8.78. The van der Waals surface area contributed by atoms with Crippen LogP contribution in [0.1, 0.15) is 0 Å². The summed E-state index contributed by atoms with van der Waals surface area (Å²) < 4.78 is 10.5. The van der Waals surface area contributed by atoms with Gasteiger partial charge in [0.2, 0.25) is 12.0 Å². The van der Waals surface area contributed by atoms with Crippen LogP contribution >= 0.6 is 11.8 Å². The highest BCUT2D eigenvalue weighted by atomic mass is 32.2. The Hall–Kier alpha value is -2.67. The molecule has 0 unspecified atom stereocenters. The Kier molecular flexibility index (Phi) is 4.94. The minimum atomic E-state index is -0.821. The zero-order valence-corrected chi connectivity index (χ0v) is 15.8. The molecule has 2 aliphatic rings. The molecule has 27 heavy (non-hydrogen) atoms. The van der Waals surface area contributed by atoms with Crippen LogP contribution in [0.2, 0.25) is 0 Å². The maximum absolute atomic E-state index is 13.2. The summed E-state index contributed by atoms with van der Waals surface area (Å²) >= 11 is 1.80. The predicted octanol–water partition coefficient (Wildman–Crippen LogP) is 2.57. The molecule has 2 heterocycles. The molecule has 0 aromatic heterocycles. The smallest absolute Gasteiger partial charge is 0.348 e. The molecule has 0 saturated carbocycles.